The van der Waals surface area contributed by atoms with Crippen molar-refractivity contribution in [2.24, 2.45) is 0 Å². The fraction of sp³-hybridized carbons (Fsp3) is 0.241. The lowest BCUT2D eigenvalue weighted by Crippen LogP contribution is -2.37. The van der Waals surface area contributed by atoms with E-state index in [0.29, 0.717) is 30.1 Å². The molecule has 5 heteroatoms. The quantitative estimate of drug-likeness (QED) is 0.462. The summed E-state index contributed by atoms with van der Waals surface area (Å²) in [5, 5.41) is 0. The smallest absolute Gasteiger partial charge is 0.282 e. The molecule has 0 bridgehead atoms. The van der Waals surface area contributed by atoms with Gasteiger partial charge in [-0.2, -0.15) is 0 Å². The third kappa shape index (κ3) is 3.87. The lowest BCUT2D eigenvalue weighted by Gasteiger charge is -2.32. The van der Waals surface area contributed by atoms with Gasteiger partial charge in [0, 0.05) is 12.2 Å². The zero-order valence-corrected chi connectivity index (χ0v) is 19.6. The number of carbonyl (C=O) groups is 2. The standard InChI is InChI=1S/C29H28N2O3/c1-3-18-34-24-15-13-22(14-16-24)26-27(30-17-7-10-21-9-4-5-12-25(21)30)29(33)31(28(26)32)23-11-6-8-20(2)19-23/h4-6,8-9,11-16,19H,3,7,10,17-18H2,1-2H3. The number of hydrogen-bond donors (Lipinski definition) is 0. The van der Waals surface area contributed by atoms with Gasteiger partial charge in [0.1, 0.15) is 11.4 Å². The summed E-state index contributed by atoms with van der Waals surface area (Å²) in [6.07, 6.45) is 2.80. The Kier molecular flexibility index (Phi) is 5.93. The van der Waals surface area contributed by atoms with E-state index < -0.39 is 0 Å². The zero-order valence-electron chi connectivity index (χ0n) is 19.6. The van der Waals surface area contributed by atoms with Crippen LogP contribution < -0.4 is 14.5 Å². The maximum atomic E-state index is 13.9. The van der Waals surface area contributed by atoms with Gasteiger partial charge in [0.25, 0.3) is 11.8 Å². The molecular weight excluding hydrogens is 424 g/mol. The third-order valence-electron chi connectivity index (χ3n) is 6.32. The topological polar surface area (TPSA) is 49.9 Å². The van der Waals surface area contributed by atoms with Crippen LogP contribution in [-0.4, -0.2) is 25.0 Å². The number of imide groups is 1. The average Bonchev–Trinajstić information content (AvgIpc) is 3.12. The van der Waals surface area contributed by atoms with Crippen molar-refractivity contribution in [3.63, 3.8) is 0 Å². The summed E-state index contributed by atoms with van der Waals surface area (Å²) in [7, 11) is 0. The number of anilines is 2. The number of fused-ring (bicyclic) bond motifs is 1. The minimum absolute atomic E-state index is 0.284. The number of rotatable bonds is 6. The molecule has 2 aliphatic heterocycles. The number of ether oxygens (including phenoxy) is 1. The van der Waals surface area contributed by atoms with Gasteiger partial charge in [-0.15, -0.1) is 0 Å². The molecule has 2 amide bonds. The Morgan fingerprint density at radius 1 is 0.912 bits per heavy atom. The summed E-state index contributed by atoms with van der Waals surface area (Å²) in [5.41, 5.74) is 5.38. The van der Waals surface area contributed by atoms with Crippen LogP contribution in [0.15, 0.2) is 78.5 Å². The summed E-state index contributed by atoms with van der Waals surface area (Å²) < 4.78 is 5.73. The first-order chi connectivity index (χ1) is 16.6. The summed E-state index contributed by atoms with van der Waals surface area (Å²) in [4.78, 5) is 31.1. The molecule has 3 aromatic rings. The van der Waals surface area contributed by atoms with Gasteiger partial charge in [0.15, 0.2) is 0 Å². The summed E-state index contributed by atoms with van der Waals surface area (Å²) in [5.74, 6) is 0.174. The first-order valence-electron chi connectivity index (χ1n) is 11.9. The van der Waals surface area contributed by atoms with Crippen LogP contribution in [0, 0.1) is 6.92 Å². The molecule has 0 radical (unpaired) electrons. The van der Waals surface area contributed by atoms with Crippen LogP contribution in [-0.2, 0) is 16.0 Å². The van der Waals surface area contributed by atoms with Gasteiger partial charge in [-0.25, -0.2) is 4.90 Å². The van der Waals surface area contributed by atoms with Crippen LogP contribution in [0.4, 0.5) is 11.4 Å². The van der Waals surface area contributed by atoms with E-state index in [9.17, 15) is 9.59 Å². The van der Waals surface area contributed by atoms with Gasteiger partial charge in [-0.1, -0.05) is 49.4 Å². The molecule has 5 rings (SSSR count). The largest absolute Gasteiger partial charge is 0.494 e. The van der Waals surface area contributed by atoms with Gasteiger partial charge in [0.2, 0.25) is 0 Å². The van der Waals surface area contributed by atoms with E-state index in [0.717, 1.165) is 41.8 Å². The highest BCUT2D eigenvalue weighted by atomic mass is 16.5. The van der Waals surface area contributed by atoms with E-state index in [1.54, 1.807) is 0 Å². The van der Waals surface area contributed by atoms with E-state index in [-0.39, 0.29) is 11.8 Å². The van der Waals surface area contributed by atoms with Gasteiger partial charge in [-0.05, 0) is 73.2 Å². The predicted molar refractivity (Wildman–Crippen MR) is 135 cm³/mol. The number of hydrogen-bond acceptors (Lipinski definition) is 4. The van der Waals surface area contributed by atoms with Crippen LogP contribution >= 0.6 is 0 Å². The molecule has 0 saturated heterocycles. The fourth-order valence-corrected chi connectivity index (χ4v) is 4.73. The van der Waals surface area contributed by atoms with Crippen LogP contribution in [0.5, 0.6) is 5.75 Å². The van der Waals surface area contributed by atoms with Crippen molar-refractivity contribution >= 4 is 28.8 Å². The second-order valence-electron chi connectivity index (χ2n) is 8.77. The predicted octanol–water partition coefficient (Wildman–Crippen LogP) is 5.52. The summed E-state index contributed by atoms with van der Waals surface area (Å²) in [6, 6.07) is 23.1. The molecule has 0 unspecified atom stereocenters. The van der Waals surface area contributed by atoms with Crippen LogP contribution in [0.25, 0.3) is 5.57 Å². The molecular formula is C29H28N2O3. The highest BCUT2D eigenvalue weighted by molar-refractivity contribution is 6.46. The minimum atomic E-state index is -0.295. The Hall–Kier alpha value is -3.86. The molecule has 2 heterocycles. The SMILES string of the molecule is CCCOc1ccc(C2=C(N3CCCc4ccccc43)C(=O)N(c3cccc(C)c3)C2=O)cc1. The first-order valence-corrected chi connectivity index (χ1v) is 11.9. The molecule has 0 spiro atoms. The van der Waals surface area contributed by atoms with E-state index in [1.807, 2.05) is 78.6 Å². The minimum Gasteiger partial charge on any atom is -0.494 e. The fourth-order valence-electron chi connectivity index (χ4n) is 4.73. The van der Waals surface area contributed by atoms with Crippen LogP contribution in [0.2, 0.25) is 0 Å². The second-order valence-corrected chi connectivity index (χ2v) is 8.77. The maximum Gasteiger partial charge on any atom is 0.282 e. The summed E-state index contributed by atoms with van der Waals surface area (Å²) in [6.45, 7) is 5.34. The molecule has 0 aliphatic carbocycles. The highest BCUT2D eigenvalue weighted by Crippen LogP contribution is 2.39. The first kappa shape index (κ1) is 22.0. The van der Waals surface area contributed by atoms with Crippen molar-refractivity contribution in [1.29, 1.82) is 0 Å². The second kappa shape index (κ2) is 9.18. The van der Waals surface area contributed by atoms with Gasteiger partial charge in [-0.3, -0.25) is 9.59 Å². The number of carbonyl (C=O) groups excluding carboxylic acids is 2. The Balaban J connectivity index is 1.64. The average molecular weight is 453 g/mol. The van der Waals surface area contributed by atoms with Gasteiger partial charge < -0.3 is 9.64 Å². The Bertz CT molecular complexity index is 1280. The number of nitrogens with zero attached hydrogens (tertiary/aromatic N) is 2. The third-order valence-corrected chi connectivity index (χ3v) is 6.32. The van der Waals surface area contributed by atoms with Crippen molar-refractivity contribution in [2.75, 3.05) is 23.0 Å². The molecule has 0 N–H and O–H groups in total. The molecule has 3 aromatic carbocycles. The summed E-state index contributed by atoms with van der Waals surface area (Å²) >= 11 is 0. The lowest BCUT2D eigenvalue weighted by atomic mass is 9.98. The van der Waals surface area contributed by atoms with Crippen molar-refractivity contribution in [1.82, 2.24) is 0 Å². The maximum absolute atomic E-state index is 13.9. The Labute approximate surface area is 200 Å². The molecule has 0 atom stereocenters. The molecule has 0 aromatic heterocycles. The van der Waals surface area contributed by atoms with Crippen molar-refractivity contribution in [3.8, 4) is 5.75 Å². The zero-order chi connectivity index (χ0) is 23.7. The highest BCUT2D eigenvalue weighted by Gasteiger charge is 2.43. The van der Waals surface area contributed by atoms with E-state index in [1.165, 1.54) is 10.5 Å². The Morgan fingerprint density at radius 3 is 2.47 bits per heavy atom. The number of aryl methyl sites for hydroxylation is 2. The van der Waals surface area contributed by atoms with Crippen LogP contribution in [0.1, 0.15) is 36.5 Å². The van der Waals surface area contributed by atoms with Crippen molar-refractivity contribution in [2.45, 2.75) is 33.1 Å². The number of para-hydroxylation sites is 1. The molecule has 34 heavy (non-hydrogen) atoms. The van der Waals surface area contributed by atoms with E-state index in [2.05, 4.69) is 13.0 Å². The molecule has 5 nitrogen and oxygen atoms in total. The van der Waals surface area contributed by atoms with E-state index in [4.69, 9.17) is 4.74 Å². The lowest BCUT2D eigenvalue weighted by molar-refractivity contribution is -0.120. The Morgan fingerprint density at radius 2 is 1.71 bits per heavy atom. The van der Waals surface area contributed by atoms with E-state index >= 15 is 0 Å². The van der Waals surface area contributed by atoms with Gasteiger partial charge in [0.05, 0.1) is 17.9 Å². The molecule has 0 fully saturated rings. The molecule has 172 valence electrons. The van der Waals surface area contributed by atoms with Crippen LogP contribution in [0.3, 0.4) is 0 Å². The van der Waals surface area contributed by atoms with Crippen molar-refractivity contribution < 1.29 is 14.3 Å². The monoisotopic (exact) mass is 452 g/mol. The number of benzene rings is 3. The van der Waals surface area contributed by atoms with Gasteiger partial charge >= 0.3 is 0 Å². The normalized spacial score (nSPS) is 15.7. The molecule has 0 saturated carbocycles. The molecule has 2 aliphatic rings. The number of amides is 2. The van der Waals surface area contributed by atoms with Crippen molar-refractivity contribution in [3.05, 3.63) is 95.2 Å².